The molecule has 0 N–H and O–H groups in total. The highest BCUT2D eigenvalue weighted by atomic mass is 16.2. The Morgan fingerprint density at radius 2 is 1.80 bits per heavy atom. The third-order valence-electron chi connectivity index (χ3n) is 4.99. The Labute approximate surface area is 150 Å². The van der Waals surface area contributed by atoms with Gasteiger partial charge in [-0.1, -0.05) is 37.3 Å². The zero-order chi connectivity index (χ0) is 17.5. The lowest BCUT2D eigenvalue weighted by molar-refractivity contribution is -0.119. The monoisotopic (exact) mass is 337 g/mol. The maximum atomic E-state index is 12.5. The molecule has 132 valence electrons. The zero-order valence-electron chi connectivity index (χ0n) is 15.0. The van der Waals surface area contributed by atoms with E-state index in [0.717, 1.165) is 44.6 Å². The highest BCUT2D eigenvalue weighted by Crippen LogP contribution is 2.24. The van der Waals surface area contributed by atoms with Gasteiger partial charge in [0.15, 0.2) is 0 Å². The molecule has 0 spiro atoms. The molecule has 1 saturated heterocycles. The highest BCUT2D eigenvalue weighted by molar-refractivity contribution is 5.93. The van der Waals surface area contributed by atoms with Crippen molar-refractivity contribution in [3.05, 3.63) is 60.4 Å². The first-order valence-corrected chi connectivity index (χ1v) is 9.26. The van der Waals surface area contributed by atoms with E-state index < -0.39 is 0 Å². The second-order valence-corrected chi connectivity index (χ2v) is 6.63. The quantitative estimate of drug-likeness (QED) is 0.809. The summed E-state index contributed by atoms with van der Waals surface area (Å²) < 4.78 is 0. The van der Waals surface area contributed by atoms with Gasteiger partial charge in [-0.2, -0.15) is 0 Å². The number of hydrogen-bond donors (Lipinski definition) is 0. The summed E-state index contributed by atoms with van der Waals surface area (Å²) in [5.74, 6) is 0.203. The molecule has 1 aliphatic rings. The van der Waals surface area contributed by atoms with E-state index in [1.807, 2.05) is 24.0 Å². The lowest BCUT2D eigenvalue weighted by Gasteiger charge is -2.38. The molecule has 25 heavy (non-hydrogen) atoms. The van der Waals surface area contributed by atoms with Gasteiger partial charge in [0.1, 0.15) is 0 Å². The second kappa shape index (κ2) is 8.77. The molecule has 2 aromatic rings. The molecule has 0 atom stereocenters. The van der Waals surface area contributed by atoms with Gasteiger partial charge in [-0.05, 0) is 37.0 Å². The molecule has 1 fully saturated rings. The number of aromatic nitrogens is 1. The van der Waals surface area contributed by atoms with E-state index in [9.17, 15) is 4.79 Å². The summed E-state index contributed by atoms with van der Waals surface area (Å²) in [6.07, 6.45) is 7.22. The van der Waals surface area contributed by atoms with E-state index in [-0.39, 0.29) is 5.91 Å². The molecule has 2 heterocycles. The molecule has 0 saturated carbocycles. The minimum Gasteiger partial charge on any atom is -0.309 e. The first-order valence-electron chi connectivity index (χ1n) is 9.26. The number of likely N-dealkylation sites (tertiary alicyclic amines) is 1. The Morgan fingerprint density at radius 1 is 1.12 bits per heavy atom. The second-order valence-electron chi connectivity index (χ2n) is 6.63. The normalized spacial score (nSPS) is 15.9. The van der Waals surface area contributed by atoms with Crippen LogP contribution in [0.5, 0.6) is 0 Å². The molecule has 0 aliphatic carbocycles. The third kappa shape index (κ3) is 4.67. The van der Waals surface area contributed by atoms with E-state index in [4.69, 9.17) is 0 Å². The average Bonchev–Trinajstić information content (AvgIpc) is 2.69. The Balaban J connectivity index is 1.57. The summed E-state index contributed by atoms with van der Waals surface area (Å²) in [4.78, 5) is 21.1. The minimum atomic E-state index is 0.203. The van der Waals surface area contributed by atoms with Crippen LogP contribution < -0.4 is 4.90 Å². The van der Waals surface area contributed by atoms with Crippen LogP contribution in [0, 0.1) is 0 Å². The molecule has 3 rings (SSSR count). The van der Waals surface area contributed by atoms with Crippen molar-refractivity contribution >= 4 is 11.6 Å². The van der Waals surface area contributed by atoms with Crippen molar-refractivity contribution in [2.45, 2.75) is 38.6 Å². The molecule has 0 radical (unpaired) electrons. The third-order valence-corrected chi connectivity index (χ3v) is 4.99. The number of piperidine rings is 1. The number of hydrogen-bond acceptors (Lipinski definition) is 3. The number of carbonyl (C=O) groups is 1. The van der Waals surface area contributed by atoms with Crippen molar-refractivity contribution in [3.63, 3.8) is 0 Å². The topological polar surface area (TPSA) is 36.4 Å². The molecule has 1 aliphatic heterocycles. The van der Waals surface area contributed by atoms with Crippen LogP contribution in [-0.2, 0) is 11.2 Å². The molecule has 4 nitrogen and oxygen atoms in total. The average molecular weight is 337 g/mol. The van der Waals surface area contributed by atoms with Crippen LogP contribution >= 0.6 is 0 Å². The Kier molecular flexibility index (Phi) is 6.18. The Bertz CT molecular complexity index is 651. The largest absolute Gasteiger partial charge is 0.309 e. The van der Waals surface area contributed by atoms with Crippen molar-refractivity contribution < 1.29 is 4.79 Å². The molecule has 0 unspecified atom stereocenters. The molecule has 1 amide bonds. The summed E-state index contributed by atoms with van der Waals surface area (Å²) in [6, 6.07) is 14.8. The van der Waals surface area contributed by atoms with Crippen molar-refractivity contribution in [2.75, 3.05) is 24.5 Å². The summed E-state index contributed by atoms with van der Waals surface area (Å²) >= 11 is 0. The van der Waals surface area contributed by atoms with E-state index in [0.29, 0.717) is 12.5 Å². The molecular formula is C21H27N3O. The molecule has 1 aromatic carbocycles. The number of carbonyl (C=O) groups excluding carboxylic acids is 1. The van der Waals surface area contributed by atoms with Gasteiger partial charge in [0.25, 0.3) is 0 Å². The summed E-state index contributed by atoms with van der Waals surface area (Å²) in [7, 11) is 0. The van der Waals surface area contributed by atoms with Crippen molar-refractivity contribution in [2.24, 2.45) is 0 Å². The van der Waals surface area contributed by atoms with Gasteiger partial charge >= 0.3 is 0 Å². The van der Waals surface area contributed by atoms with Gasteiger partial charge in [-0.3, -0.25) is 9.78 Å². The number of rotatable bonds is 6. The molecule has 4 heteroatoms. The van der Waals surface area contributed by atoms with Crippen LogP contribution in [0.1, 0.15) is 31.7 Å². The van der Waals surface area contributed by atoms with Gasteiger partial charge in [0.2, 0.25) is 5.91 Å². The Morgan fingerprint density at radius 3 is 2.44 bits per heavy atom. The first kappa shape index (κ1) is 17.6. The van der Waals surface area contributed by atoms with Crippen LogP contribution in [-0.4, -0.2) is 41.5 Å². The number of pyridine rings is 1. The number of amides is 1. The zero-order valence-corrected chi connectivity index (χ0v) is 15.0. The standard InChI is InChI=1S/C21H27N3O/c1-2-21(25)24(19-8-13-22-14-9-19)20-11-16-23(17-12-20)15-10-18-6-4-3-5-7-18/h3-9,13-14,20H,2,10-12,15-17H2,1H3. The number of nitrogens with zero attached hydrogens (tertiary/aromatic N) is 3. The maximum Gasteiger partial charge on any atom is 0.226 e. The van der Waals surface area contributed by atoms with Crippen molar-refractivity contribution in [1.29, 1.82) is 0 Å². The fourth-order valence-corrected chi connectivity index (χ4v) is 3.57. The Hall–Kier alpha value is -2.20. The SMILES string of the molecule is CCC(=O)N(c1ccncc1)C1CCN(CCc2ccccc2)CC1. The van der Waals surface area contributed by atoms with E-state index in [2.05, 4.69) is 40.2 Å². The lowest BCUT2D eigenvalue weighted by Crippen LogP contribution is -2.47. The van der Waals surface area contributed by atoms with Crippen LogP contribution in [0.2, 0.25) is 0 Å². The molecular weight excluding hydrogens is 310 g/mol. The van der Waals surface area contributed by atoms with Gasteiger partial charge in [-0.25, -0.2) is 0 Å². The number of anilines is 1. The van der Waals surface area contributed by atoms with Crippen LogP contribution in [0.25, 0.3) is 0 Å². The van der Waals surface area contributed by atoms with Crippen LogP contribution in [0.4, 0.5) is 5.69 Å². The summed E-state index contributed by atoms with van der Waals surface area (Å²) in [5.41, 5.74) is 2.37. The lowest BCUT2D eigenvalue weighted by atomic mass is 10.0. The van der Waals surface area contributed by atoms with Gasteiger partial charge < -0.3 is 9.80 Å². The van der Waals surface area contributed by atoms with Crippen molar-refractivity contribution in [1.82, 2.24) is 9.88 Å². The summed E-state index contributed by atoms with van der Waals surface area (Å²) in [6.45, 7) is 5.13. The van der Waals surface area contributed by atoms with Crippen LogP contribution in [0.3, 0.4) is 0 Å². The fraction of sp³-hybridized carbons (Fsp3) is 0.429. The van der Waals surface area contributed by atoms with Gasteiger partial charge in [0.05, 0.1) is 0 Å². The smallest absolute Gasteiger partial charge is 0.226 e. The molecule has 0 bridgehead atoms. The fourth-order valence-electron chi connectivity index (χ4n) is 3.57. The minimum absolute atomic E-state index is 0.203. The van der Waals surface area contributed by atoms with Crippen LogP contribution in [0.15, 0.2) is 54.9 Å². The number of benzene rings is 1. The predicted octanol–water partition coefficient (Wildman–Crippen LogP) is 3.53. The van der Waals surface area contributed by atoms with E-state index in [1.165, 1.54) is 5.56 Å². The molecule has 1 aromatic heterocycles. The predicted molar refractivity (Wildman–Crippen MR) is 102 cm³/mol. The van der Waals surface area contributed by atoms with E-state index >= 15 is 0 Å². The van der Waals surface area contributed by atoms with Gasteiger partial charge in [0, 0.05) is 50.2 Å². The van der Waals surface area contributed by atoms with E-state index in [1.54, 1.807) is 12.4 Å². The summed E-state index contributed by atoms with van der Waals surface area (Å²) in [5, 5.41) is 0. The first-order chi connectivity index (χ1) is 12.3. The highest BCUT2D eigenvalue weighted by Gasteiger charge is 2.28. The maximum absolute atomic E-state index is 12.5. The van der Waals surface area contributed by atoms with Gasteiger partial charge in [-0.15, -0.1) is 0 Å². The van der Waals surface area contributed by atoms with Crippen molar-refractivity contribution in [3.8, 4) is 0 Å².